The molecule has 1 N–H and O–H groups in total. The Labute approximate surface area is 120 Å². The molecule has 1 aliphatic heterocycles. The van der Waals surface area contributed by atoms with Crippen molar-refractivity contribution in [1.29, 1.82) is 0 Å². The van der Waals surface area contributed by atoms with Gasteiger partial charge in [0.1, 0.15) is 0 Å². The predicted octanol–water partition coefficient (Wildman–Crippen LogP) is 2.62. The summed E-state index contributed by atoms with van der Waals surface area (Å²) in [6.45, 7) is 5.22. The summed E-state index contributed by atoms with van der Waals surface area (Å²) in [7, 11) is 0. The molecule has 1 saturated heterocycles. The van der Waals surface area contributed by atoms with Crippen molar-refractivity contribution < 1.29 is 5.11 Å². The zero-order valence-corrected chi connectivity index (χ0v) is 12.0. The summed E-state index contributed by atoms with van der Waals surface area (Å²) in [6, 6.07) is 12.3. The van der Waals surface area contributed by atoms with E-state index in [1.807, 2.05) is 24.3 Å². The number of benzene rings is 1. The number of nitrogens with zero attached hydrogens (tertiary/aromatic N) is 2. The van der Waals surface area contributed by atoms with E-state index >= 15 is 0 Å². The number of fused-ring (bicyclic) bond motifs is 1. The summed E-state index contributed by atoms with van der Waals surface area (Å²) in [5.74, 6) is 0. The Bertz CT molecular complexity index is 588. The van der Waals surface area contributed by atoms with Crippen molar-refractivity contribution in [2.75, 3.05) is 19.6 Å². The number of pyridine rings is 1. The number of hydrogen-bond donors (Lipinski definition) is 1. The first-order valence-electron chi connectivity index (χ1n) is 7.48. The Morgan fingerprint density at radius 1 is 1.15 bits per heavy atom. The number of piperidine rings is 1. The van der Waals surface area contributed by atoms with Crippen molar-refractivity contribution in [3.05, 3.63) is 42.1 Å². The lowest BCUT2D eigenvalue weighted by Crippen LogP contribution is -2.45. The smallest absolute Gasteiger partial charge is 0.0727 e. The summed E-state index contributed by atoms with van der Waals surface area (Å²) in [4.78, 5) is 7.07. The van der Waals surface area contributed by atoms with Crippen LogP contribution in [0.25, 0.3) is 10.9 Å². The molecule has 0 amide bonds. The van der Waals surface area contributed by atoms with Gasteiger partial charge < -0.3 is 10.0 Å². The second kappa shape index (κ2) is 5.51. The van der Waals surface area contributed by atoms with Crippen LogP contribution in [0.15, 0.2) is 36.4 Å². The van der Waals surface area contributed by atoms with Gasteiger partial charge in [-0.3, -0.25) is 4.98 Å². The molecule has 0 bridgehead atoms. The van der Waals surface area contributed by atoms with Crippen LogP contribution < -0.4 is 0 Å². The number of aromatic nitrogens is 1. The molecule has 0 unspecified atom stereocenters. The molecule has 0 aliphatic carbocycles. The van der Waals surface area contributed by atoms with Gasteiger partial charge in [-0.1, -0.05) is 31.2 Å². The molecule has 3 rings (SSSR count). The fourth-order valence-corrected chi connectivity index (χ4v) is 3.01. The number of para-hydroxylation sites is 1. The van der Waals surface area contributed by atoms with Crippen molar-refractivity contribution >= 4 is 10.9 Å². The van der Waals surface area contributed by atoms with Crippen molar-refractivity contribution in [1.82, 2.24) is 9.88 Å². The van der Waals surface area contributed by atoms with Gasteiger partial charge in [-0.25, -0.2) is 0 Å². The molecule has 1 fully saturated rings. The molecule has 2 aromatic rings. The third-order valence-corrected chi connectivity index (χ3v) is 4.40. The summed E-state index contributed by atoms with van der Waals surface area (Å²) >= 11 is 0. The standard InChI is InChI=1S/C17H22N2O/c1-2-19-11-9-17(20,10-12-19)13-15-8-7-14-5-3-4-6-16(14)18-15/h3-8,20H,2,9-13H2,1H3. The summed E-state index contributed by atoms with van der Waals surface area (Å²) in [5, 5.41) is 11.9. The molecule has 2 heterocycles. The van der Waals surface area contributed by atoms with Crippen LogP contribution >= 0.6 is 0 Å². The lowest BCUT2D eigenvalue weighted by atomic mass is 9.87. The Balaban J connectivity index is 1.75. The third-order valence-electron chi connectivity index (χ3n) is 4.40. The zero-order valence-electron chi connectivity index (χ0n) is 12.0. The van der Waals surface area contributed by atoms with Crippen LogP contribution in [-0.4, -0.2) is 40.2 Å². The van der Waals surface area contributed by atoms with Crippen LogP contribution in [0.3, 0.4) is 0 Å². The molecule has 106 valence electrons. The highest BCUT2D eigenvalue weighted by molar-refractivity contribution is 5.78. The Morgan fingerprint density at radius 3 is 2.65 bits per heavy atom. The van der Waals surface area contributed by atoms with E-state index < -0.39 is 5.60 Å². The van der Waals surface area contributed by atoms with Crippen molar-refractivity contribution in [2.24, 2.45) is 0 Å². The van der Waals surface area contributed by atoms with E-state index in [2.05, 4.69) is 28.9 Å². The minimum absolute atomic E-state index is 0.582. The SMILES string of the molecule is CCN1CCC(O)(Cc2ccc3ccccc3n2)CC1. The summed E-state index contributed by atoms with van der Waals surface area (Å²) in [6.07, 6.45) is 2.35. The Morgan fingerprint density at radius 2 is 1.90 bits per heavy atom. The van der Waals surface area contributed by atoms with Gasteiger partial charge in [-0.05, 0) is 31.5 Å². The monoisotopic (exact) mass is 270 g/mol. The molecule has 3 nitrogen and oxygen atoms in total. The van der Waals surface area contributed by atoms with Crippen LogP contribution in [0.4, 0.5) is 0 Å². The van der Waals surface area contributed by atoms with E-state index in [1.54, 1.807) is 0 Å². The van der Waals surface area contributed by atoms with Crippen molar-refractivity contribution in [3.63, 3.8) is 0 Å². The first kappa shape index (κ1) is 13.5. The molecule has 0 saturated carbocycles. The maximum Gasteiger partial charge on any atom is 0.0727 e. The second-order valence-corrected chi connectivity index (χ2v) is 5.83. The fraction of sp³-hybridized carbons (Fsp3) is 0.471. The number of hydrogen-bond acceptors (Lipinski definition) is 3. The van der Waals surface area contributed by atoms with Crippen LogP contribution in [0.1, 0.15) is 25.5 Å². The normalized spacial score (nSPS) is 19.3. The van der Waals surface area contributed by atoms with E-state index in [0.29, 0.717) is 6.42 Å². The minimum Gasteiger partial charge on any atom is -0.389 e. The maximum atomic E-state index is 10.7. The molecular weight excluding hydrogens is 248 g/mol. The molecule has 3 heteroatoms. The molecule has 20 heavy (non-hydrogen) atoms. The first-order chi connectivity index (χ1) is 9.68. The average Bonchev–Trinajstić information content (AvgIpc) is 2.48. The van der Waals surface area contributed by atoms with Crippen molar-refractivity contribution in [3.8, 4) is 0 Å². The first-order valence-corrected chi connectivity index (χ1v) is 7.48. The van der Waals surface area contributed by atoms with E-state index in [9.17, 15) is 5.11 Å². The summed E-state index contributed by atoms with van der Waals surface area (Å²) in [5.41, 5.74) is 1.43. The van der Waals surface area contributed by atoms with Gasteiger partial charge >= 0.3 is 0 Å². The predicted molar refractivity (Wildman–Crippen MR) is 81.7 cm³/mol. The maximum absolute atomic E-state index is 10.7. The van der Waals surface area contributed by atoms with Gasteiger partial charge in [0.25, 0.3) is 0 Å². The molecule has 1 aromatic carbocycles. The van der Waals surface area contributed by atoms with Crippen LogP contribution in [0.2, 0.25) is 0 Å². The fourth-order valence-electron chi connectivity index (χ4n) is 3.01. The van der Waals surface area contributed by atoms with Gasteiger partial charge in [0.2, 0.25) is 0 Å². The highest BCUT2D eigenvalue weighted by Crippen LogP contribution is 2.26. The molecule has 0 radical (unpaired) electrons. The van der Waals surface area contributed by atoms with E-state index in [1.165, 1.54) is 0 Å². The van der Waals surface area contributed by atoms with Crippen LogP contribution in [0.5, 0.6) is 0 Å². The number of rotatable bonds is 3. The zero-order chi connectivity index (χ0) is 14.0. The minimum atomic E-state index is -0.582. The molecule has 1 aromatic heterocycles. The van der Waals surface area contributed by atoms with Crippen LogP contribution in [0, 0.1) is 0 Å². The average molecular weight is 270 g/mol. The topological polar surface area (TPSA) is 36.4 Å². The van der Waals surface area contributed by atoms with Gasteiger partial charge in [0.15, 0.2) is 0 Å². The summed E-state index contributed by atoms with van der Waals surface area (Å²) < 4.78 is 0. The third kappa shape index (κ3) is 2.84. The lowest BCUT2D eigenvalue weighted by molar-refractivity contribution is -0.0200. The second-order valence-electron chi connectivity index (χ2n) is 5.83. The van der Waals surface area contributed by atoms with E-state index in [-0.39, 0.29) is 0 Å². The highest BCUT2D eigenvalue weighted by atomic mass is 16.3. The largest absolute Gasteiger partial charge is 0.389 e. The van der Waals surface area contributed by atoms with Gasteiger partial charge in [0, 0.05) is 30.6 Å². The molecule has 0 atom stereocenters. The quantitative estimate of drug-likeness (QED) is 0.931. The van der Waals surface area contributed by atoms with Gasteiger partial charge in [0.05, 0.1) is 11.1 Å². The van der Waals surface area contributed by atoms with Crippen LogP contribution in [-0.2, 0) is 6.42 Å². The van der Waals surface area contributed by atoms with Crippen molar-refractivity contribution in [2.45, 2.75) is 31.8 Å². The van der Waals surface area contributed by atoms with Gasteiger partial charge in [-0.15, -0.1) is 0 Å². The van der Waals surface area contributed by atoms with E-state index in [0.717, 1.165) is 49.1 Å². The molecular formula is C17H22N2O. The van der Waals surface area contributed by atoms with E-state index in [4.69, 9.17) is 0 Å². The Kier molecular flexibility index (Phi) is 3.72. The number of likely N-dealkylation sites (tertiary alicyclic amines) is 1. The number of aliphatic hydroxyl groups is 1. The van der Waals surface area contributed by atoms with Gasteiger partial charge in [-0.2, -0.15) is 0 Å². The molecule has 0 spiro atoms. The Hall–Kier alpha value is -1.45. The lowest BCUT2D eigenvalue weighted by Gasteiger charge is -2.37. The highest BCUT2D eigenvalue weighted by Gasteiger charge is 2.32. The molecule has 1 aliphatic rings.